The van der Waals surface area contributed by atoms with Crippen molar-refractivity contribution in [3.05, 3.63) is 42.5 Å². The molecule has 1 aliphatic heterocycles. The van der Waals surface area contributed by atoms with E-state index >= 15 is 0 Å². The molecule has 108 valence electrons. The molecule has 2 aromatic carbocycles. The zero-order chi connectivity index (χ0) is 14.4. The highest BCUT2D eigenvalue weighted by atomic mass is 16.5. The first-order valence-corrected chi connectivity index (χ1v) is 7.56. The second-order valence-electron chi connectivity index (χ2n) is 6.43. The summed E-state index contributed by atoms with van der Waals surface area (Å²) in [6.45, 7) is 3.72. The van der Waals surface area contributed by atoms with Crippen molar-refractivity contribution in [2.24, 2.45) is 17.3 Å². The van der Waals surface area contributed by atoms with Crippen molar-refractivity contribution >= 4 is 22.4 Å². The van der Waals surface area contributed by atoms with E-state index in [1.165, 1.54) is 0 Å². The predicted octanol–water partition coefficient (Wildman–Crippen LogP) is 3.45. The molecule has 21 heavy (non-hydrogen) atoms. The lowest BCUT2D eigenvalue weighted by Crippen LogP contribution is -2.18. The number of carbonyl (C=O) groups is 1. The number of ether oxygens (including phenoxy) is 1. The van der Waals surface area contributed by atoms with Gasteiger partial charge < -0.3 is 10.1 Å². The van der Waals surface area contributed by atoms with E-state index in [9.17, 15) is 4.79 Å². The number of rotatable bonds is 2. The molecule has 2 aliphatic rings. The van der Waals surface area contributed by atoms with Crippen molar-refractivity contribution in [3.63, 3.8) is 0 Å². The lowest BCUT2D eigenvalue weighted by molar-refractivity contribution is -0.118. The van der Waals surface area contributed by atoms with Gasteiger partial charge in [-0.2, -0.15) is 0 Å². The van der Waals surface area contributed by atoms with Gasteiger partial charge >= 0.3 is 0 Å². The Kier molecular flexibility index (Phi) is 2.79. The van der Waals surface area contributed by atoms with Crippen LogP contribution in [-0.4, -0.2) is 19.1 Å². The first-order valence-electron chi connectivity index (χ1n) is 7.56. The Labute approximate surface area is 124 Å². The maximum atomic E-state index is 12.6. The largest absolute Gasteiger partial charge is 0.381 e. The molecule has 2 fully saturated rings. The summed E-state index contributed by atoms with van der Waals surface area (Å²) in [7, 11) is 0. The Bertz CT molecular complexity index is 706. The van der Waals surface area contributed by atoms with Crippen LogP contribution in [0.15, 0.2) is 42.5 Å². The monoisotopic (exact) mass is 281 g/mol. The summed E-state index contributed by atoms with van der Waals surface area (Å²) in [6.07, 6.45) is 0.991. The summed E-state index contributed by atoms with van der Waals surface area (Å²) >= 11 is 0. The van der Waals surface area contributed by atoms with Gasteiger partial charge in [0.1, 0.15) is 0 Å². The van der Waals surface area contributed by atoms with Crippen LogP contribution in [0.3, 0.4) is 0 Å². The van der Waals surface area contributed by atoms with E-state index in [1.54, 1.807) is 0 Å². The molecular formula is C18H19NO2. The number of anilines is 1. The molecule has 3 atom stereocenters. The fourth-order valence-corrected chi connectivity index (χ4v) is 3.82. The van der Waals surface area contributed by atoms with Gasteiger partial charge in [-0.25, -0.2) is 0 Å². The second kappa shape index (κ2) is 4.57. The Morgan fingerprint density at radius 1 is 1.24 bits per heavy atom. The van der Waals surface area contributed by atoms with Crippen molar-refractivity contribution in [2.75, 3.05) is 18.5 Å². The van der Waals surface area contributed by atoms with Gasteiger partial charge in [-0.1, -0.05) is 43.3 Å². The zero-order valence-electron chi connectivity index (χ0n) is 12.1. The molecule has 1 N–H and O–H groups in total. The SMILES string of the molecule is C[C@]12CCOC[C@H]1[C@@H]2C(=O)Nc1cccc2ccccc12. The third kappa shape index (κ3) is 1.95. The van der Waals surface area contributed by atoms with E-state index in [-0.39, 0.29) is 17.2 Å². The maximum Gasteiger partial charge on any atom is 0.228 e. The highest BCUT2D eigenvalue weighted by molar-refractivity contribution is 6.04. The topological polar surface area (TPSA) is 38.3 Å². The number of carbonyl (C=O) groups excluding carboxylic acids is 1. The Morgan fingerprint density at radius 2 is 2.05 bits per heavy atom. The summed E-state index contributed by atoms with van der Waals surface area (Å²) in [5.41, 5.74) is 1.05. The molecule has 2 aromatic rings. The van der Waals surface area contributed by atoms with E-state index in [0.717, 1.165) is 36.1 Å². The molecule has 0 unspecified atom stereocenters. The molecule has 1 aliphatic carbocycles. The third-order valence-corrected chi connectivity index (χ3v) is 5.26. The summed E-state index contributed by atoms with van der Waals surface area (Å²) in [6, 6.07) is 14.2. The van der Waals surface area contributed by atoms with Gasteiger partial charge in [-0.15, -0.1) is 0 Å². The van der Waals surface area contributed by atoms with Gasteiger partial charge in [-0.3, -0.25) is 4.79 Å². The molecule has 1 amide bonds. The minimum atomic E-state index is 0.0963. The lowest BCUT2D eigenvalue weighted by atomic mass is 9.99. The van der Waals surface area contributed by atoms with E-state index < -0.39 is 0 Å². The van der Waals surface area contributed by atoms with Gasteiger partial charge in [0.25, 0.3) is 0 Å². The van der Waals surface area contributed by atoms with Crippen LogP contribution in [0.5, 0.6) is 0 Å². The summed E-state index contributed by atoms with van der Waals surface area (Å²) in [4.78, 5) is 12.6. The molecule has 0 radical (unpaired) electrons. The first kappa shape index (κ1) is 12.8. The van der Waals surface area contributed by atoms with Crippen LogP contribution in [0.2, 0.25) is 0 Å². The van der Waals surface area contributed by atoms with Crippen molar-refractivity contribution in [2.45, 2.75) is 13.3 Å². The van der Waals surface area contributed by atoms with Crippen molar-refractivity contribution in [1.82, 2.24) is 0 Å². The summed E-state index contributed by atoms with van der Waals surface area (Å²) in [5.74, 6) is 0.629. The highest BCUT2D eigenvalue weighted by Crippen LogP contribution is 2.62. The quantitative estimate of drug-likeness (QED) is 0.915. The smallest absolute Gasteiger partial charge is 0.228 e. The lowest BCUT2D eigenvalue weighted by Gasteiger charge is -2.16. The average molecular weight is 281 g/mol. The minimum Gasteiger partial charge on any atom is -0.381 e. The van der Waals surface area contributed by atoms with E-state index in [0.29, 0.717) is 5.92 Å². The molecule has 1 saturated carbocycles. The number of fused-ring (bicyclic) bond motifs is 2. The van der Waals surface area contributed by atoms with E-state index in [1.807, 2.05) is 24.3 Å². The normalized spacial score (nSPS) is 30.7. The number of amides is 1. The number of benzene rings is 2. The van der Waals surface area contributed by atoms with E-state index in [4.69, 9.17) is 4.74 Å². The molecule has 0 aromatic heterocycles. The Hall–Kier alpha value is -1.87. The van der Waals surface area contributed by atoms with Crippen molar-refractivity contribution in [1.29, 1.82) is 0 Å². The van der Waals surface area contributed by atoms with E-state index in [2.05, 4.69) is 30.4 Å². The highest BCUT2D eigenvalue weighted by Gasteiger charge is 2.65. The Morgan fingerprint density at radius 3 is 2.86 bits per heavy atom. The summed E-state index contributed by atoms with van der Waals surface area (Å²) < 4.78 is 5.51. The van der Waals surface area contributed by atoms with Gasteiger partial charge in [0.15, 0.2) is 0 Å². The van der Waals surface area contributed by atoms with Crippen LogP contribution in [0.4, 0.5) is 5.69 Å². The molecule has 0 bridgehead atoms. The van der Waals surface area contributed by atoms with Gasteiger partial charge in [0.05, 0.1) is 6.61 Å². The molecule has 1 saturated heterocycles. The average Bonchev–Trinajstić information content (AvgIpc) is 3.13. The first-order chi connectivity index (χ1) is 10.2. The molecule has 3 heteroatoms. The molecule has 0 spiro atoms. The number of hydrogen-bond donors (Lipinski definition) is 1. The fourth-order valence-electron chi connectivity index (χ4n) is 3.82. The van der Waals surface area contributed by atoms with Crippen molar-refractivity contribution in [3.8, 4) is 0 Å². The van der Waals surface area contributed by atoms with Crippen LogP contribution in [0, 0.1) is 17.3 Å². The zero-order valence-corrected chi connectivity index (χ0v) is 12.1. The maximum absolute atomic E-state index is 12.6. The molecule has 3 nitrogen and oxygen atoms in total. The standard InChI is InChI=1S/C18H19NO2/c1-18-9-10-21-11-14(18)16(18)17(20)19-15-8-4-6-12-5-2-3-7-13(12)15/h2-8,14,16H,9-11H2,1H3,(H,19,20)/t14-,16+,18-/m0/s1. The minimum absolute atomic E-state index is 0.0963. The van der Waals surface area contributed by atoms with Crippen LogP contribution < -0.4 is 5.32 Å². The van der Waals surface area contributed by atoms with Crippen LogP contribution in [-0.2, 0) is 9.53 Å². The fraction of sp³-hybridized carbons (Fsp3) is 0.389. The third-order valence-electron chi connectivity index (χ3n) is 5.26. The van der Waals surface area contributed by atoms with Gasteiger partial charge in [0, 0.05) is 29.5 Å². The Balaban J connectivity index is 1.60. The van der Waals surface area contributed by atoms with Crippen LogP contribution >= 0.6 is 0 Å². The molecular weight excluding hydrogens is 262 g/mol. The van der Waals surface area contributed by atoms with Crippen molar-refractivity contribution < 1.29 is 9.53 Å². The van der Waals surface area contributed by atoms with Crippen LogP contribution in [0.25, 0.3) is 10.8 Å². The molecule has 1 heterocycles. The second-order valence-corrected chi connectivity index (χ2v) is 6.43. The summed E-state index contributed by atoms with van der Waals surface area (Å²) in [5, 5.41) is 5.38. The molecule has 4 rings (SSSR count). The predicted molar refractivity (Wildman–Crippen MR) is 83.1 cm³/mol. The number of nitrogens with one attached hydrogen (secondary N) is 1. The van der Waals surface area contributed by atoms with Crippen LogP contribution in [0.1, 0.15) is 13.3 Å². The number of hydrogen-bond acceptors (Lipinski definition) is 2. The van der Waals surface area contributed by atoms with Gasteiger partial charge in [-0.05, 0) is 23.3 Å². The van der Waals surface area contributed by atoms with Gasteiger partial charge in [0.2, 0.25) is 5.91 Å².